The lowest BCUT2D eigenvalue weighted by Crippen LogP contribution is -2.26. The maximum Gasteiger partial charge on any atom is -0.0156 e. The molecule has 1 aromatic rings. The Morgan fingerprint density at radius 3 is 2.27 bits per heavy atom. The quantitative estimate of drug-likeness (QED) is 0.220. The molecule has 3 fully saturated rings. The van der Waals surface area contributed by atoms with Crippen LogP contribution in [0.1, 0.15) is 179 Å². The van der Waals surface area contributed by atoms with Gasteiger partial charge in [0.15, 0.2) is 0 Å². The number of benzene rings is 1. The summed E-state index contributed by atoms with van der Waals surface area (Å²) in [7, 11) is 0. The lowest BCUT2D eigenvalue weighted by Gasteiger charge is -2.35. The molecule has 0 saturated heterocycles. The van der Waals surface area contributed by atoms with Crippen molar-refractivity contribution in [1.82, 2.24) is 0 Å². The molecule has 210 valence electrons. The van der Waals surface area contributed by atoms with Gasteiger partial charge in [-0.3, -0.25) is 0 Å². The second kappa shape index (κ2) is 14.0. The van der Waals surface area contributed by atoms with Crippen molar-refractivity contribution >= 4 is 0 Å². The Morgan fingerprint density at radius 1 is 0.892 bits per heavy atom. The highest BCUT2D eigenvalue weighted by atomic mass is 14.4. The first kappa shape index (κ1) is 29.2. The largest absolute Gasteiger partial charge is 0.0654 e. The third-order valence-electron chi connectivity index (χ3n) is 11.8. The number of unbranched alkanes of at least 4 members (excludes halogenated alkanes) is 2. The molecule has 6 unspecified atom stereocenters. The van der Waals surface area contributed by atoms with E-state index in [9.17, 15) is 0 Å². The van der Waals surface area contributed by atoms with E-state index in [2.05, 4.69) is 52.8 Å². The van der Waals surface area contributed by atoms with Gasteiger partial charge in [0.25, 0.3) is 0 Å². The molecule has 3 aliphatic rings. The lowest BCUT2D eigenvalue weighted by atomic mass is 9.70. The summed E-state index contributed by atoms with van der Waals surface area (Å²) >= 11 is 0. The van der Waals surface area contributed by atoms with E-state index in [4.69, 9.17) is 0 Å². The van der Waals surface area contributed by atoms with Gasteiger partial charge in [-0.05, 0) is 103 Å². The molecule has 0 heteroatoms. The van der Waals surface area contributed by atoms with Gasteiger partial charge in [-0.25, -0.2) is 0 Å². The van der Waals surface area contributed by atoms with Gasteiger partial charge in [0, 0.05) is 0 Å². The minimum absolute atomic E-state index is 0.576. The van der Waals surface area contributed by atoms with E-state index in [1.165, 1.54) is 122 Å². The van der Waals surface area contributed by atoms with Crippen LogP contribution in [0, 0.1) is 29.1 Å². The molecule has 0 aliphatic heterocycles. The summed E-state index contributed by atoms with van der Waals surface area (Å²) in [6, 6.07) is 7.84. The number of rotatable bonds is 14. The Balaban J connectivity index is 1.40. The van der Waals surface area contributed by atoms with Crippen LogP contribution in [0.4, 0.5) is 0 Å². The average Bonchev–Trinajstić information content (AvgIpc) is 3.66. The molecule has 6 atom stereocenters. The predicted octanol–water partition coefficient (Wildman–Crippen LogP) is 12.0. The van der Waals surface area contributed by atoms with Gasteiger partial charge >= 0.3 is 0 Å². The van der Waals surface area contributed by atoms with E-state index in [-0.39, 0.29) is 0 Å². The Morgan fingerprint density at radius 2 is 1.62 bits per heavy atom. The molecule has 0 radical (unpaired) electrons. The summed E-state index contributed by atoms with van der Waals surface area (Å²) in [6.07, 6.45) is 27.5. The SMILES string of the molecule is CCCCC1CCCC1CCCCC(Cc1ccc(C2CCC(C)C2)c(C(C)CC)c1)C1(C)CCCC1. The summed E-state index contributed by atoms with van der Waals surface area (Å²) in [6.45, 7) is 12.3. The first-order chi connectivity index (χ1) is 17.9. The lowest BCUT2D eigenvalue weighted by molar-refractivity contribution is 0.173. The average molecular weight is 507 g/mol. The van der Waals surface area contributed by atoms with E-state index in [1.807, 2.05) is 0 Å². The molecule has 0 nitrogen and oxygen atoms in total. The molecule has 0 bridgehead atoms. The van der Waals surface area contributed by atoms with Crippen LogP contribution in [0.5, 0.6) is 0 Å². The highest BCUT2D eigenvalue weighted by Crippen LogP contribution is 2.48. The van der Waals surface area contributed by atoms with Gasteiger partial charge in [-0.2, -0.15) is 0 Å². The Bertz CT molecular complexity index is 798. The van der Waals surface area contributed by atoms with Crippen LogP contribution in [0.25, 0.3) is 0 Å². The highest BCUT2D eigenvalue weighted by Gasteiger charge is 2.37. The minimum atomic E-state index is 0.576. The van der Waals surface area contributed by atoms with Crippen LogP contribution in [0.15, 0.2) is 18.2 Å². The first-order valence-corrected chi connectivity index (χ1v) is 17.1. The number of hydrogen-bond acceptors (Lipinski definition) is 0. The molecule has 3 aliphatic carbocycles. The third kappa shape index (κ3) is 7.66. The molecule has 0 spiro atoms. The molecule has 3 saturated carbocycles. The standard InChI is InChI=1S/C37H62/c1-6-8-14-31-16-13-17-32(31)15-9-10-18-34(37(5)23-11-12-24-37)26-30-20-22-35(33-21-19-28(3)25-33)36(27-30)29(4)7-2/h20,22,27-29,31-34H,6-19,21,23-26H2,1-5H3. The van der Waals surface area contributed by atoms with Crippen molar-refractivity contribution in [2.24, 2.45) is 29.1 Å². The van der Waals surface area contributed by atoms with Crippen molar-refractivity contribution < 1.29 is 0 Å². The van der Waals surface area contributed by atoms with Crippen LogP contribution >= 0.6 is 0 Å². The molecule has 0 N–H and O–H groups in total. The normalized spacial score (nSPS) is 29.1. The van der Waals surface area contributed by atoms with Crippen molar-refractivity contribution in [3.8, 4) is 0 Å². The Kier molecular flexibility index (Phi) is 11.1. The van der Waals surface area contributed by atoms with Crippen molar-refractivity contribution in [2.45, 2.75) is 168 Å². The summed E-state index contributed by atoms with van der Waals surface area (Å²) < 4.78 is 0. The fraction of sp³-hybridized carbons (Fsp3) is 0.838. The predicted molar refractivity (Wildman–Crippen MR) is 163 cm³/mol. The van der Waals surface area contributed by atoms with E-state index in [0.717, 1.165) is 29.6 Å². The third-order valence-corrected chi connectivity index (χ3v) is 11.8. The number of hydrogen-bond donors (Lipinski definition) is 0. The zero-order chi connectivity index (χ0) is 26.3. The molecule has 4 rings (SSSR count). The van der Waals surface area contributed by atoms with E-state index < -0.39 is 0 Å². The second-order valence-corrected chi connectivity index (χ2v) is 14.5. The molecule has 0 heterocycles. The van der Waals surface area contributed by atoms with Crippen LogP contribution < -0.4 is 0 Å². The van der Waals surface area contributed by atoms with Gasteiger partial charge in [-0.15, -0.1) is 0 Å². The minimum Gasteiger partial charge on any atom is -0.0654 e. The topological polar surface area (TPSA) is 0 Å². The van der Waals surface area contributed by atoms with Crippen molar-refractivity contribution in [2.75, 3.05) is 0 Å². The summed E-state index contributed by atoms with van der Waals surface area (Å²) in [5.41, 5.74) is 5.64. The summed E-state index contributed by atoms with van der Waals surface area (Å²) in [5.74, 6) is 5.40. The molecule has 1 aromatic carbocycles. The molecule has 0 aromatic heterocycles. The van der Waals surface area contributed by atoms with E-state index in [0.29, 0.717) is 11.3 Å². The smallest absolute Gasteiger partial charge is 0.0156 e. The van der Waals surface area contributed by atoms with Crippen LogP contribution in [0.3, 0.4) is 0 Å². The summed E-state index contributed by atoms with van der Waals surface area (Å²) in [5, 5.41) is 0. The fourth-order valence-electron chi connectivity index (χ4n) is 8.97. The van der Waals surface area contributed by atoms with E-state index in [1.54, 1.807) is 16.7 Å². The highest BCUT2D eigenvalue weighted by molar-refractivity contribution is 5.38. The second-order valence-electron chi connectivity index (χ2n) is 14.5. The zero-order valence-corrected chi connectivity index (χ0v) is 25.6. The monoisotopic (exact) mass is 506 g/mol. The van der Waals surface area contributed by atoms with Crippen molar-refractivity contribution in [1.29, 1.82) is 0 Å². The van der Waals surface area contributed by atoms with Gasteiger partial charge in [0.2, 0.25) is 0 Å². The van der Waals surface area contributed by atoms with Gasteiger partial charge in [0.1, 0.15) is 0 Å². The summed E-state index contributed by atoms with van der Waals surface area (Å²) in [4.78, 5) is 0. The first-order valence-electron chi connectivity index (χ1n) is 17.1. The van der Waals surface area contributed by atoms with Crippen LogP contribution in [0.2, 0.25) is 0 Å². The van der Waals surface area contributed by atoms with E-state index >= 15 is 0 Å². The van der Waals surface area contributed by atoms with Gasteiger partial charge in [0.05, 0.1) is 0 Å². The fourth-order valence-corrected chi connectivity index (χ4v) is 8.97. The van der Waals surface area contributed by atoms with Crippen LogP contribution in [-0.4, -0.2) is 0 Å². The molecule has 0 amide bonds. The van der Waals surface area contributed by atoms with Gasteiger partial charge < -0.3 is 0 Å². The van der Waals surface area contributed by atoms with Crippen LogP contribution in [-0.2, 0) is 6.42 Å². The molecular formula is C37H62. The van der Waals surface area contributed by atoms with Gasteiger partial charge in [-0.1, -0.05) is 130 Å². The Hall–Kier alpha value is -0.780. The molecular weight excluding hydrogens is 444 g/mol. The van der Waals surface area contributed by atoms with Crippen molar-refractivity contribution in [3.05, 3.63) is 34.9 Å². The zero-order valence-electron chi connectivity index (χ0n) is 25.6. The maximum atomic E-state index is 2.69. The molecule has 37 heavy (non-hydrogen) atoms. The maximum absolute atomic E-state index is 2.69. The Labute approximate surface area is 232 Å². The van der Waals surface area contributed by atoms with Crippen molar-refractivity contribution in [3.63, 3.8) is 0 Å².